The predicted molar refractivity (Wildman–Crippen MR) is 67.3 cm³/mol. The topological polar surface area (TPSA) is 44.1 Å². The van der Waals surface area contributed by atoms with Gasteiger partial charge in [-0.15, -0.1) is 11.3 Å². The second-order valence-corrected chi connectivity index (χ2v) is 5.44. The molecule has 0 saturated heterocycles. The molecule has 0 unspecified atom stereocenters. The van der Waals surface area contributed by atoms with Gasteiger partial charge < -0.3 is 4.74 Å². The molecule has 2 heterocycles. The van der Waals surface area contributed by atoms with Gasteiger partial charge >= 0.3 is 0 Å². The van der Waals surface area contributed by atoms with Crippen molar-refractivity contribution in [2.75, 3.05) is 6.61 Å². The molecule has 0 aliphatic heterocycles. The van der Waals surface area contributed by atoms with E-state index in [-0.39, 0.29) is 5.56 Å². The van der Waals surface area contributed by atoms with E-state index in [1.807, 2.05) is 12.3 Å². The molecule has 0 radical (unpaired) electrons. The van der Waals surface area contributed by atoms with Crippen molar-refractivity contribution in [3.05, 3.63) is 27.6 Å². The maximum absolute atomic E-state index is 12.1. The van der Waals surface area contributed by atoms with Crippen LogP contribution in [0, 0.1) is 12.8 Å². The molecule has 2 aromatic rings. The fraction of sp³-hybridized carbons (Fsp3) is 0.500. The molecule has 1 aliphatic carbocycles. The summed E-state index contributed by atoms with van der Waals surface area (Å²) in [6.07, 6.45) is 4.10. The Morgan fingerprint density at radius 2 is 2.41 bits per heavy atom. The fourth-order valence-corrected chi connectivity index (χ4v) is 2.70. The van der Waals surface area contributed by atoms with Crippen LogP contribution in [0.4, 0.5) is 0 Å². The zero-order valence-electron chi connectivity index (χ0n) is 9.68. The van der Waals surface area contributed by atoms with Crippen LogP contribution in [-0.4, -0.2) is 16.2 Å². The van der Waals surface area contributed by atoms with Crippen molar-refractivity contribution in [2.24, 2.45) is 5.92 Å². The Hall–Kier alpha value is -1.20. The molecule has 90 valence electrons. The molecular weight excluding hydrogens is 236 g/mol. The van der Waals surface area contributed by atoms with Gasteiger partial charge in [0.05, 0.1) is 12.1 Å². The van der Waals surface area contributed by atoms with Gasteiger partial charge in [0, 0.05) is 0 Å². The number of hydrogen-bond acceptors (Lipinski definition) is 4. The normalized spacial score (nSPS) is 15.6. The van der Waals surface area contributed by atoms with Crippen molar-refractivity contribution in [3.63, 3.8) is 0 Å². The van der Waals surface area contributed by atoms with Crippen LogP contribution in [0.2, 0.25) is 0 Å². The third-order valence-electron chi connectivity index (χ3n) is 3.00. The van der Waals surface area contributed by atoms with Crippen molar-refractivity contribution < 1.29 is 4.74 Å². The van der Waals surface area contributed by atoms with Gasteiger partial charge in [0.25, 0.3) is 5.56 Å². The summed E-state index contributed by atoms with van der Waals surface area (Å²) in [5.41, 5.74) is 1.88. The summed E-state index contributed by atoms with van der Waals surface area (Å²) in [4.78, 5) is 16.4. The number of hydrogen-bond donors (Lipinski definition) is 0. The number of rotatable bonds is 4. The highest BCUT2D eigenvalue weighted by molar-refractivity contribution is 7.17. The summed E-state index contributed by atoms with van der Waals surface area (Å²) in [5.74, 6) is 0.714. The summed E-state index contributed by atoms with van der Waals surface area (Å²) in [6, 6.07) is 0. The van der Waals surface area contributed by atoms with Gasteiger partial charge in [-0.3, -0.25) is 9.36 Å². The van der Waals surface area contributed by atoms with E-state index < -0.39 is 0 Å². The Morgan fingerprint density at radius 1 is 1.59 bits per heavy atom. The second kappa shape index (κ2) is 4.23. The number of ether oxygens (including phenoxy) is 1. The molecule has 0 aromatic carbocycles. The van der Waals surface area contributed by atoms with E-state index in [2.05, 4.69) is 4.98 Å². The molecule has 1 saturated carbocycles. The van der Waals surface area contributed by atoms with Crippen molar-refractivity contribution in [3.8, 4) is 0 Å². The largest absolute Gasteiger partial charge is 0.360 e. The van der Waals surface area contributed by atoms with Crippen molar-refractivity contribution in [1.29, 1.82) is 0 Å². The highest BCUT2D eigenvalue weighted by Gasteiger charge is 2.21. The van der Waals surface area contributed by atoms with Crippen molar-refractivity contribution >= 4 is 21.6 Å². The lowest BCUT2D eigenvalue weighted by atomic mass is 10.3. The number of nitrogens with zero attached hydrogens (tertiary/aromatic N) is 2. The lowest BCUT2D eigenvalue weighted by Gasteiger charge is -2.05. The molecule has 17 heavy (non-hydrogen) atoms. The highest BCUT2D eigenvalue weighted by atomic mass is 32.1. The van der Waals surface area contributed by atoms with E-state index in [4.69, 9.17) is 4.74 Å². The molecule has 3 rings (SSSR count). The first-order valence-electron chi connectivity index (χ1n) is 5.76. The monoisotopic (exact) mass is 250 g/mol. The zero-order valence-corrected chi connectivity index (χ0v) is 10.5. The van der Waals surface area contributed by atoms with Crippen molar-refractivity contribution in [1.82, 2.24) is 9.55 Å². The van der Waals surface area contributed by atoms with Gasteiger partial charge in [-0.05, 0) is 36.6 Å². The van der Waals surface area contributed by atoms with Gasteiger partial charge in [-0.2, -0.15) is 0 Å². The fourth-order valence-electron chi connectivity index (χ4n) is 1.75. The zero-order chi connectivity index (χ0) is 11.8. The van der Waals surface area contributed by atoms with E-state index in [0.717, 1.165) is 22.4 Å². The molecule has 2 aromatic heterocycles. The third-order valence-corrected chi connectivity index (χ3v) is 4.08. The molecule has 1 fully saturated rings. The van der Waals surface area contributed by atoms with Crippen LogP contribution in [0.25, 0.3) is 10.2 Å². The minimum absolute atomic E-state index is 0.00361. The summed E-state index contributed by atoms with van der Waals surface area (Å²) in [5, 5.41) is 1.97. The van der Waals surface area contributed by atoms with Gasteiger partial charge in [0.1, 0.15) is 17.8 Å². The molecule has 1 aliphatic rings. The molecule has 0 spiro atoms. The standard InChI is InChI=1S/C12H14N2O2S/c1-8-5-17-11-10(8)13-6-14(12(11)15)7-16-4-9-2-3-9/h5-6,9H,2-4,7H2,1H3. The molecule has 0 N–H and O–H groups in total. The molecule has 5 heteroatoms. The van der Waals surface area contributed by atoms with Crippen LogP contribution in [-0.2, 0) is 11.5 Å². The van der Waals surface area contributed by atoms with Gasteiger partial charge in [0.15, 0.2) is 0 Å². The average Bonchev–Trinajstić information content (AvgIpc) is 3.06. The van der Waals surface area contributed by atoms with Crippen LogP contribution in [0.5, 0.6) is 0 Å². The van der Waals surface area contributed by atoms with E-state index in [1.54, 1.807) is 10.9 Å². The van der Waals surface area contributed by atoms with Crippen LogP contribution in [0.15, 0.2) is 16.5 Å². The lowest BCUT2D eigenvalue weighted by Crippen LogP contribution is -2.21. The molecule has 0 amide bonds. The van der Waals surface area contributed by atoms with E-state index in [0.29, 0.717) is 12.6 Å². The molecule has 4 nitrogen and oxygen atoms in total. The van der Waals surface area contributed by atoms with Crippen molar-refractivity contribution in [2.45, 2.75) is 26.5 Å². The smallest absolute Gasteiger partial charge is 0.273 e. The Balaban J connectivity index is 1.83. The van der Waals surface area contributed by atoms with Crippen LogP contribution in [0.1, 0.15) is 18.4 Å². The maximum Gasteiger partial charge on any atom is 0.273 e. The summed E-state index contributed by atoms with van der Waals surface area (Å²) in [6.45, 7) is 3.04. The van der Waals surface area contributed by atoms with Crippen LogP contribution < -0.4 is 5.56 Å². The van der Waals surface area contributed by atoms with E-state index in [1.165, 1.54) is 24.2 Å². The minimum atomic E-state index is 0.00361. The van der Waals surface area contributed by atoms with Gasteiger partial charge in [-0.1, -0.05) is 0 Å². The molecule has 0 bridgehead atoms. The quantitative estimate of drug-likeness (QED) is 0.835. The first-order chi connectivity index (χ1) is 8.25. The summed E-state index contributed by atoms with van der Waals surface area (Å²) < 4.78 is 7.77. The Kier molecular flexibility index (Phi) is 2.72. The lowest BCUT2D eigenvalue weighted by molar-refractivity contribution is 0.0665. The number of aromatic nitrogens is 2. The number of fused-ring (bicyclic) bond motifs is 1. The highest BCUT2D eigenvalue weighted by Crippen LogP contribution is 2.28. The summed E-state index contributed by atoms with van der Waals surface area (Å²) in [7, 11) is 0. The van der Waals surface area contributed by atoms with E-state index in [9.17, 15) is 4.79 Å². The number of aryl methyl sites for hydroxylation is 1. The molecular formula is C12H14N2O2S. The Bertz CT molecular complexity index is 598. The Morgan fingerprint density at radius 3 is 3.18 bits per heavy atom. The van der Waals surface area contributed by atoms with Gasteiger partial charge in [0.2, 0.25) is 0 Å². The first-order valence-corrected chi connectivity index (χ1v) is 6.64. The maximum atomic E-state index is 12.1. The predicted octanol–water partition coefficient (Wildman–Crippen LogP) is 2.15. The average molecular weight is 250 g/mol. The van der Waals surface area contributed by atoms with Crippen LogP contribution >= 0.6 is 11.3 Å². The SMILES string of the molecule is Cc1csc2c(=O)n(COCC3CC3)cnc12. The minimum Gasteiger partial charge on any atom is -0.360 e. The second-order valence-electron chi connectivity index (χ2n) is 4.56. The third kappa shape index (κ3) is 2.12. The number of thiophene rings is 1. The van der Waals surface area contributed by atoms with E-state index >= 15 is 0 Å². The first kappa shape index (κ1) is 10.9. The van der Waals surface area contributed by atoms with Gasteiger partial charge in [-0.25, -0.2) is 4.98 Å². The Labute approximate surface area is 103 Å². The summed E-state index contributed by atoms with van der Waals surface area (Å²) >= 11 is 1.46. The molecule has 0 atom stereocenters. The van der Waals surface area contributed by atoms with Crippen LogP contribution in [0.3, 0.4) is 0 Å².